The third kappa shape index (κ3) is 7.32. The number of carbonyl (C=O) groups is 2. The van der Waals surface area contributed by atoms with E-state index in [1.807, 2.05) is 24.3 Å². The molecule has 0 aliphatic rings. The van der Waals surface area contributed by atoms with Gasteiger partial charge in [0.05, 0.1) is 5.75 Å². The van der Waals surface area contributed by atoms with Crippen molar-refractivity contribution in [3.8, 4) is 0 Å². The number of rotatable bonds is 10. The van der Waals surface area contributed by atoms with Crippen LogP contribution in [0.2, 0.25) is 0 Å². The number of unbranched alkanes of at least 4 members (excludes halogenated alkanes) is 2. The van der Waals surface area contributed by atoms with Crippen molar-refractivity contribution >= 4 is 23.5 Å². The maximum atomic E-state index is 11.9. The quantitative estimate of drug-likeness (QED) is 0.403. The molecule has 21 heavy (non-hydrogen) atoms. The molecule has 1 rings (SSSR count). The Bertz CT molecular complexity index is 443. The fourth-order valence-corrected chi connectivity index (χ4v) is 2.55. The second-order valence-electron chi connectivity index (χ2n) is 5.04. The van der Waals surface area contributed by atoms with Crippen molar-refractivity contribution in [2.45, 2.75) is 50.8 Å². The van der Waals surface area contributed by atoms with Crippen LogP contribution in [-0.4, -0.2) is 24.0 Å². The number of thioether (sulfide) groups is 1. The summed E-state index contributed by atoms with van der Waals surface area (Å²) in [6.07, 6.45) is 4.69. The van der Waals surface area contributed by atoms with Gasteiger partial charge < -0.3 is 5.32 Å². The molecule has 0 atom stereocenters. The molecule has 0 bridgehead atoms. The second-order valence-corrected chi connectivity index (χ2v) is 6.09. The van der Waals surface area contributed by atoms with E-state index >= 15 is 0 Å². The van der Waals surface area contributed by atoms with Gasteiger partial charge in [0.2, 0.25) is 5.91 Å². The van der Waals surface area contributed by atoms with Gasteiger partial charge in [0.25, 0.3) is 0 Å². The molecular weight excluding hydrogens is 282 g/mol. The molecule has 0 aliphatic carbocycles. The van der Waals surface area contributed by atoms with Crippen LogP contribution in [0.1, 0.15) is 56.3 Å². The Labute approximate surface area is 131 Å². The summed E-state index contributed by atoms with van der Waals surface area (Å²) >= 11 is 1.50. The standard InChI is InChI=1S/C17H25NO2S/c1-3-5-7-16(19)14-8-10-15(11-9-14)21-13-17(20)18-12-6-4-2/h8-11H,3-7,12-13H2,1-2H3,(H,18,20). The van der Waals surface area contributed by atoms with Gasteiger partial charge >= 0.3 is 0 Å². The molecular formula is C17H25NO2S. The predicted octanol–water partition coefficient (Wildman–Crippen LogP) is 4.07. The van der Waals surface area contributed by atoms with Gasteiger partial charge in [-0.1, -0.05) is 38.8 Å². The zero-order valence-corrected chi connectivity index (χ0v) is 13.8. The van der Waals surface area contributed by atoms with Crippen molar-refractivity contribution in [1.82, 2.24) is 5.32 Å². The van der Waals surface area contributed by atoms with Crippen LogP contribution >= 0.6 is 11.8 Å². The van der Waals surface area contributed by atoms with Gasteiger partial charge in [-0.25, -0.2) is 0 Å². The van der Waals surface area contributed by atoms with Crippen molar-refractivity contribution in [2.24, 2.45) is 0 Å². The monoisotopic (exact) mass is 307 g/mol. The summed E-state index contributed by atoms with van der Waals surface area (Å²) in [4.78, 5) is 24.5. The zero-order chi connectivity index (χ0) is 15.5. The molecule has 0 saturated carbocycles. The lowest BCUT2D eigenvalue weighted by molar-refractivity contribution is -0.118. The SMILES string of the molecule is CCCCNC(=O)CSc1ccc(C(=O)CCCC)cc1. The Morgan fingerprint density at radius 3 is 2.33 bits per heavy atom. The van der Waals surface area contributed by atoms with E-state index in [0.717, 1.165) is 42.7 Å². The summed E-state index contributed by atoms with van der Waals surface area (Å²) in [6, 6.07) is 7.55. The van der Waals surface area contributed by atoms with Gasteiger partial charge in [0, 0.05) is 23.4 Å². The van der Waals surface area contributed by atoms with Gasteiger partial charge in [-0.05, 0) is 25.0 Å². The van der Waals surface area contributed by atoms with Crippen LogP contribution < -0.4 is 5.32 Å². The first kappa shape index (κ1) is 17.8. The number of hydrogen-bond acceptors (Lipinski definition) is 3. The molecule has 0 aromatic heterocycles. The second kappa shape index (κ2) is 10.4. The molecule has 3 nitrogen and oxygen atoms in total. The summed E-state index contributed by atoms with van der Waals surface area (Å²) in [7, 11) is 0. The first-order chi connectivity index (χ1) is 10.2. The maximum absolute atomic E-state index is 11.9. The highest BCUT2D eigenvalue weighted by Gasteiger charge is 2.06. The first-order valence-corrected chi connectivity index (χ1v) is 8.68. The van der Waals surface area contributed by atoms with Crippen LogP contribution in [0.3, 0.4) is 0 Å². The number of ketones is 1. The average molecular weight is 307 g/mol. The minimum atomic E-state index is 0.0662. The van der Waals surface area contributed by atoms with Crippen molar-refractivity contribution < 1.29 is 9.59 Å². The Morgan fingerprint density at radius 1 is 1.05 bits per heavy atom. The average Bonchev–Trinajstić information content (AvgIpc) is 2.51. The van der Waals surface area contributed by atoms with Crippen LogP contribution in [0.4, 0.5) is 0 Å². The van der Waals surface area contributed by atoms with Gasteiger partial charge in [0.1, 0.15) is 0 Å². The summed E-state index contributed by atoms with van der Waals surface area (Å²) < 4.78 is 0. The largest absolute Gasteiger partial charge is 0.355 e. The molecule has 1 aromatic rings. The Balaban J connectivity index is 2.37. The van der Waals surface area contributed by atoms with E-state index in [-0.39, 0.29) is 11.7 Å². The smallest absolute Gasteiger partial charge is 0.230 e. The Morgan fingerprint density at radius 2 is 1.71 bits per heavy atom. The molecule has 0 saturated heterocycles. The number of carbonyl (C=O) groups excluding carboxylic acids is 2. The van der Waals surface area contributed by atoms with Crippen molar-refractivity contribution in [3.05, 3.63) is 29.8 Å². The molecule has 0 unspecified atom stereocenters. The molecule has 4 heteroatoms. The molecule has 116 valence electrons. The highest BCUT2D eigenvalue weighted by Crippen LogP contribution is 2.19. The van der Waals surface area contributed by atoms with E-state index in [1.54, 1.807) is 0 Å². The molecule has 0 spiro atoms. The minimum absolute atomic E-state index is 0.0662. The first-order valence-electron chi connectivity index (χ1n) is 7.70. The number of nitrogens with one attached hydrogen (secondary N) is 1. The fourth-order valence-electron chi connectivity index (χ4n) is 1.82. The maximum Gasteiger partial charge on any atom is 0.230 e. The van der Waals surface area contributed by atoms with E-state index in [9.17, 15) is 9.59 Å². The van der Waals surface area contributed by atoms with Gasteiger partial charge in [-0.15, -0.1) is 11.8 Å². The third-order valence-electron chi connectivity index (χ3n) is 3.16. The molecule has 0 aliphatic heterocycles. The molecule has 0 fully saturated rings. The Kier molecular flexibility index (Phi) is 8.83. The number of benzene rings is 1. The normalized spacial score (nSPS) is 10.4. The Hall–Kier alpha value is -1.29. The lowest BCUT2D eigenvalue weighted by Crippen LogP contribution is -2.25. The van der Waals surface area contributed by atoms with Crippen LogP contribution in [-0.2, 0) is 4.79 Å². The molecule has 0 heterocycles. The highest BCUT2D eigenvalue weighted by atomic mass is 32.2. The van der Waals surface area contributed by atoms with Crippen molar-refractivity contribution in [3.63, 3.8) is 0 Å². The fraction of sp³-hybridized carbons (Fsp3) is 0.529. The van der Waals surface area contributed by atoms with E-state index in [1.165, 1.54) is 11.8 Å². The van der Waals surface area contributed by atoms with Gasteiger partial charge in [-0.3, -0.25) is 9.59 Å². The minimum Gasteiger partial charge on any atom is -0.355 e. The molecule has 1 N–H and O–H groups in total. The summed E-state index contributed by atoms with van der Waals surface area (Å²) in [5, 5.41) is 2.89. The lowest BCUT2D eigenvalue weighted by atomic mass is 10.1. The molecule has 1 aromatic carbocycles. The van der Waals surface area contributed by atoms with E-state index in [4.69, 9.17) is 0 Å². The van der Waals surface area contributed by atoms with Crippen molar-refractivity contribution in [2.75, 3.05) is 12.3 Å². The zero-order valence-electron chi connectivity index (χ0n) is 13.0. The van der Waals surface area contributed by atoms with Gasteiger partial charge in [-0.2, -0.15) is 0 Å². The van der Waals surface area contributed by atoms with Crippen LogP contribution in [0.25, 0.3) is 0 Å². The number of hydrogen-bond donors (Lipinski definition) is 1. The van der Waals surface area contributed by atoms with Gasteiger partial charge in [0.15, 0.2) is 5.78 Å². The number of amides is 1. The van der Waals surface area contributed by atoms with E-state index < -0.39 is 0 Å². The number of Topliss-reactive ketones (excluding diaryl/α,β-unsaturated/α-hetero) is 1. The van der Waals surface area contributed by atoms with Crippen LogP contribution in [0.15, 0.2) is 29.2 Å². The summed E-state index contributed by atoms with van der Waals surface area (Å²) in [5.41, 5.74) is 0.764. The van der Waals surface area contributed by atoms with E-state index in [2.05, 4.69) is 19.2 Å². The van der Waals surface area contributed by atoms with Crippen LogP contribution in [0.5, 0.6) is 0 Å². The topological polar surface area (TPSA) is 46.2 Å². The summed E-state index contributed by atoms with van der Waals surface area (Å²) in [6.45, 7) is 4.93. The van der Waals surface area contributed by atoms with Crippen LogP contribution in [0, 0.1) is 0 Å². The van der Waals surface area contributed by atoms with E-state index in [0.29, 0.717) is 12.2 Å². The highest BCUT2D eigenvalue weighted by molar-refractivity contribution is 8.00. The lowest BCUT2D eigenvalue weighted by Gasteiger charge is -2.05. The third-order valence-corrected chi connectivity index (χ3v) is 4.17. The molecule has 1 amide bonds. The summed E-state index contributed by atoms with van der Waals surface area (Å²) in [5.74, 6) is 0.689. The molecule has 0 radical (unpaired) electrons. The predicted molar refractivity (Wildman–Crippen MR) is 88.9 cm³/mol. The van der Waals surface area contributed by atoms with Crippen molar-refractivity contribution in [1.29, 1.82) is 0 Å².